The quantitative estimate of drug-likeness (QED) is 0.763. The smallest absolute Gasteiger partial charge is 0.416 e. The van der Waals surface area contributed by atoms with Crippen molar-refractivity contribution >= 4 is 17.9 Å². The molecule has 1 amide bonds. The SMILES string of the molecule is CC(C)(C)OC(=O)Cc1ccc2c(n1)N(C(=O)OC(C)(C)C)CCO2. The van der Waals surface area contributed by atoms with Crippen LogP contribution in [0.2, 0.25) is 0 Å². The summed E-state index contributed by atoms with van der Waals surface area (Å²) in [6, 6.07) is 3.40. The van der Waals surface area contributed by atoms with Gasteiger partial charge in [-0.15, -0.1) is 0 Å². The number of fused-ring (bicyclic) bond motifs is 1. The Morgan fingerprint density at radius 2 is 1.76 bits per heavy atom. The molecular formula is C18H26N2O5. The lowest BCUT2D eigenvalue weighted by atomic mass is 10.2. The van der Waals surface area contributed by atoms with Gasteiger partial charge in [-0.25, -0.2) is 9.78 Å². The summed E-state index contributed by atoms with van der Waals surface area (Å²) in [6.07, 6.45) is -0.467. The van der Waals surface area contributed by atoms with Gasteiger partial charge in [-0.05, 0) is 53.7 Å². The second-order valence-electron chi connectivity index (χ2n) is 7.87. The number of hydrogen-bond acceptors (Lipinski definition) is 6. The molecular weight excluding hydrogens is 324 g/mol. The van der Waals surface area contributed by atoms with E-state index in [1.165, 1.54) is 4.90 Å². The lowest BCUT2D eigenvalue weighted by Crippen LogP contribution is -2.42. The number of carbonyl (C=O) groups is 2. The van der Waals surface area contributed by atoms with Crippen LogP contribution in [0.3, 0.4) is 0 Å². The second kappa shape index (κ2) is 6.90. The fourth-order valence-corrected chi connectivity index (χ4v) is 2.25. The first-order valence-electron chi connectivity index (χ1n) is 8.30. The van der Waals surface area contributed by atoms with E-state index in [4.69, 9.17) is 14.2 Å². The summed E-state index contributed by atoms with van der Waals surface area (Å²) >= 11 is 0. The molecule has 0 N–H and O–H groups in total. The van der Waals surface area contributed by atoms with Crippen molar-refractivity contribution in [1.82, 2.24) is 4.98 Å². The zero-order valence-corrected chi connectivity index (χ0v) is 15.7. The Morgan fingerprint density at radius 3 is 2.36 bits per heavy atom. The van der Waals surface area contributed by atoms with Crippen molar-refractivity contribution in [2.75, 3.05) is 18.1 Å². The minimum absolute atomic E-state index is 0.0205. The molecule has 0 fully saturated rings. The Labute approximate surface area is 148 Å². The van der Waals surface area contributed by atoms with Crippen LogP contribution < -0.4 is 9.64 Å². The first kappa shape index (κ1) is 19.0. The number of hydrogen-bond donors (Lipinski definition) is 0. The summed E-state index contributed by atoms with van der Waals surface area (Å²) < 4.78 is 16.3. The van der Waals surface area contributed by atoms with Crippen LogP contribution in [0, 0.1) is 0 Å². The maximum atomic E-state index is 12.4. The standard InChI is InChI=1S/C18H26N2O5/c1-17(2,3)24-14(21)11-12-7-8-13-15(19-12)20(9-10-23-13)16(22)25-18(4,5)6/h7-8H,9-11H2,1-6H3. The molecule has 25 heavy (non-hydrogen) atoms. The van der Waals surface area contributed by atoms with Crippen LogP contribution >= 0.6 is 0 Å². The molecule has 0 aliphatic carbocycles. The monoisotopic (exact) mass is 350 g/mol. The number of carbonyl (C=O) groups excluding carboxylic acids is 2. The van der Waals surface area contributed by atoms with Crippen molar-refractivity contribution < 1.29 is 23.8 Å². The number of ether oxygens (including phenoxy) is 3. The number of esters is 1. The molecule has 1 aliphatic rings. The van der Waals surface area contributed by atoms with Crippen LogP contribution in [-0.4, -0.2) is 41.4 Å². The van der Waals surface area contributed by atoms with E-state index in [2.05, 4.69) is 4.98 Å². The molecule has 7 heteroatoms. The van der Waals surface area contributed by atoms with Crippen molar-refractivity contribution in [2.45, 2.75) is 59.2 Å². The van der Waals surface area contributed by atoms with Gasteiger partial charge in [0.15, 0.2) is 11.6 Å². The minimum Gasteiger partial charge on any atom is -0.488 e. The summed E-state index contributed by atoms with van der Waals surface area (Å²) in [7, 11) is 0. The van der Waals surface area contributed by atoms with E-state index < -0.39 is 17.3 Å². The highest BCUT2D eigenvalue weighted by atomic mass is 16.6. The van der Waals surface area contributed by atoms with Crippen LogP contribution in [0.4, 0.5) is 10.6 Å². The van der Waals surface area contributed by atoms with Gasteiger partial charge in [0.25, 0.3) is 0 Å². The van der Waals surface area contributed by atoms with E-state index >= 15 is 0 Å². The molecule has 0 saturated carbocycles. The van der Waals surface area contributed by atoms with Crippen molar-refractivity contribution in [1.29, 1.82) is 0 Å². The van der Waals surface area contributed by atoms with E-state index in [9.17, 15) is 9.59 Å². The van der Waals surface area contributed by atoms with Gasteiger partial charge in [-0.1, -0.05) is 0 Å². The largest absolute Gasteiger partial charge is 0.488 e. The lowest BCUT2D eigenvalue weighted by molar-refractivity contribution is -0.154. The zero-order chi connectivity index (χ0) is 18.8. The summed E-state index contributed by atoms with van der Waals surface area (Å²) in [6.45, 7) is 11.5. The lowest BCUT2D eigenvalue weighted by Gasteiger charge is -2.30. The van der Waals surface area contributed by atoms with Gasteiger partial charge in [0, 0.05) is 0 Å². The molecule has 2 heterocycles. The fourth-order valence-electron chi connectivity index (χ4n) is 2.25. The van der Waals surface area contributed by atoms with Gasteiger partial charge in [0.05, 0.1) is 18.7 Å². The average molecular weight is 350 g/mol. The summed E-state index contributed by atoms with van der Waals surface area (Å²) in [5.74, 6) is 0.479. The van der Waals surface area contributed by atoms with E-state index in [1.807, 2.05) is 20.8 Å². The Morgan fingerprint density at radius 1 is 1.12 bits per heavy atom. The number of anilines is 1. The van der Waals surface area contributed by atoms with Crippen molar-refractivity contribution in [2.24, 2.45) is 0 Å². The predicted molar refractivity (Wildman–Crippen MR) is 92.9 cm³/mol. The van der Waals surface area contributed by atoms with Crippen molar-refractivity contribution in [3.8, 4) is 5.75 Å². The maximum absolute atomic E-state index is 12.4. The van der Waals surface area contributed by atoms with E-state index in [1.54, 1.807) is 32.9 Å². The third-order valence-corrected chi connectivity index (χ3v) is 3.08. The number of nitrogens with zero attached hydrogens (tertiary/aromatic N) is 2. The van der Waals surface area contributed by atoms with Gasteiger partial charge in [-0.3, -0.25) is 9.69 Å². The zero-order valence-electron chi connectivity index (χ0n) is 15.7. The summed E-state index contributed by atoms with van der Waals surface area (Å²) in [4.78, 5) is 30.3. The average Bonchev–Trinajstić information content (AvgIpc) is 2.42. The van der Waals surface area contributed by atoms with Gasteiger partial charge in [0.2, 0.25) is 0 Å². The number of aromatic nitrogens is 1. The molecule has 1 aromatic rings. The fraction of sp³-hybridized carbons (Fsp3) is 0.611. The molecule has 7 nitrogen and oxygen atoms in total. The third-order valence-electron chi connectivity index (χ3n) is 3.08. The topological polar surface area (TPSA) is 78.0 Å². The van der Waals surface area contributed by atoms with Crippen molar-refractivity contribution in [3.05, 3.63) is 17.8 Å². The molecule has 0 atom stereocenters. The highest BCUT2D eigenvalue weighted by molar-refractivity contribution is 5.89. The van der Waals surface area contributed by atoms with Gasteiger partial charge in [-0.2, -0.15) is 0 Å². The highest BCUT2D eigenvalue weighted by Crippen LogP contribution is 2.31. The molecule has 0 bridgehead atoms. The summed E-state index contributed by atoms with van der Waals surface area (Å²) in [5.41, 5.74) is -0.660. The molecule has 0 aromatic carbocycles. The van der Waals surface area contributed by atoms with Crippen LogP contribution in [-0.2, 0) is 20.7 Å². The number of amides is 1. The van der Waals surface area contributed by atoms with E-state index in [0.717, 1.165) is 0 Å². The van der Waals surface area contributed by atoms with Gasteiger partial charge in [0.1, 0.15) is 17.8 Å². The first-order valence-corrected chi connectivity index (χ1v) is 8.30. The normalized spacial score (nSPS) is 14.4. The number of pyridine rings is 1. The molecule has 2 rings (SSSR count). The van der Waals surface area contributed by atoms with E-state index in [-0.39, 0.29) is 12.4 Å². The highest BCUT2D eigenvalue weighted by Gasteiger charge is 2.30. The molecule has 1 aliphatic heterocycles. The van der Waals surface area contributed by atoms with Gasteiger partial charge < -0.3 is 14.2 Å². The minimum atomic E-state index is -0.607. The molecule has 0 saturated heterocycles. The van der Waals surface area contributed by atoms with E-state index in [0.29, 0.717) is 30.4 Å². The Bertz CT molecular complexity index is 658. The molecule has 0 radical (unpaired) electrons. The predicted octanol–water partition coefficient (Wildman–Crippen LogP) is 3.10. The van der Waals surface area contributed by atoms with Crippen LogP contribution in [0.15, 0.2) is 12.1 Å². The Kier molecular flexibility index (Phi) is 5.25. The Balaban J connectivity index is 2.19. The van der Waals surface area contributed by atoms with Gasteiger partial charge >= 0.3 is 12.1 Å². The van der Waals surface area contributed by atoms with Crippen LogP contribution in [0.5, 0.6) is 5.75 Å². The molecule has 0 spiro atoms. The molecule has 138 valence electrons. The molecule has 1 aromatic heterocycles. The first-order chi connectivity index (χ1) is 11.4. The van der Waals surface area contributed by atoms with Crippen LogP contribution in [0.1, 0.15) is 47.2 Å². The second-order valence-corrected chi connectivity index (χ2v) is 7.87. The molecule has 0 unspecified atom stereocenters. The van der Waals surface area contributed by atoms with Crippen molar-refractivity contribution in [3.63, 3.8) is 0 Å². The summed E-state index contributed by atoms with van der Waals surface area (Å²) in [5, 5.41) is 0. The van der Waals surface area contributed by atoms with Crippen LogP contribution in [0.25, 0.3) is 0 Å². The maximum Gasteiger partial charge on any atom is 0.416 e. The number of rotatable bonds is 2. The Hall–Kier alpha value is -2.31. The third kappa shape index (κ3) is 5.62.